The zero-order chi connectivity index (χ0) is 38.9. The summed E-state index contributed by atoms with van der Waals surface area (Å²) in [5.41, 5.74) is 8.22. The lowest BCUT2D eigenvalue weighted by Crippen LogP contribution is -2.45. The molecule has 7 aromatic rings. The third kappa shape index (κ3) is 7.59. The molecule has 6 N–H and O–H groups in total. The van der Waals surface area contributed by atoms with Crippen molar-refractivity contribution in [3.63, 3.8) is 0 Å². The quantitative estimate of drug-likeness (QED) is 0.0588. The Hall–Kier alpha value is -6.44. The fraction of sp³-hybridized carbons (Fsp3) is 0.273. The highest BCUT2D eigenvalue weighted by Gasteiger charge is 2.21. The molecule has 0 bridgehead atoms. The van der Waals surface area contributed by atoms with Crippen LogP contribution < -0.4 is 24.4 Å². The van der Waals surface area contributed by atoms with Gasteiger partial charge in [-0.15, -0.1) is 0 Å². The topological polar surface area (TPSA) is 164 Å². The number of methoxy groups -OCH3 is 1. The van der Waals surface area contributed by atoms with Crippen LogP contribution in [0, 0.1) is 0 Å². The lowest BCUT2D eigenvalue weighted by atomic mass is 9.90. The number of imidazole rings is 2. The molecule has 57 heavy (non-hydrogen) atoms. The molecule has 0 amide bonds. The van der Waals surface area contributed by atoms with Crippen molar-refractivity contribution in [2.24, 2.45) is 0 Å². The maximum Gasteiger partial charge on any atom is 0.231 e. The van der Waals surface area contributed by atoms with Crippen LogP contribution in [0.2, 0.25) is 0 Å². The number of piperidine rings is 1. The molecule has 2 aromatic heterocycles. The average molecular weight is 768 g/mol. The van der Waals surface area contributed by atoms with E-state index in [2.05, 4.69) is 73.6 Å². The summed E-state index contributed by atoms with van der Waals surface area (Å²) in [7, 11) is 1.48. The number of benzene rings is 5. The van der Waals surface area contributed by atoms with Crippen LogP contribution in [0.15, 0.2) is 91.0 Å². The van der Waals surface area contributed by atoms with E-state index in [1.165, 1.54) is 24.3 Å². The molecular weight excluding hydrogens is 723 g/mol. The first-order valence-corrected chi connectivity index (χ1v) is 19.3. The number of ether oxygens (including phenoxy) is 3. The zero-order valence-electron chi connectivity index (χ0n) is 31.7. The molecule has 2 saturated heterocycles. The molecule has 2 aliphatic heterocycles. The summed E-state index contributed by atoms with van der Waals surface area (Å²) in [6, 6.07) is 29.3. The third-order valence-corrected chi connectivity index (χ3v) is 11.0. The van der Waals surface area contributed by atoms with Gasteiger partial charge in [-0.2, -0.15) is 0 Å². The van der Waals surface area contributed by atoms with Gasteiger partial charge in [0.2, 0.25) is 18.3 Å². The first-order valence-electron chi connectivity index (χ1n) is 19.3. The summed E-state index contributed by atoms with van der Waals surface area (Å²) in [5.74, 6) is 0.875. The van der Waals surface area contributed by atoms with Crippen LogP contribution in [0.3, 0.4) is 0 Å². The van der Waals surface area contributed by atoms with Crippen molar-refractivity contribution in [2.45, 2.75) is 25.3 Å². The van der Waals surface area contributed by atoms with E-state index >= 15 is 0 Å². The molecule has 4 heterocycles. The summed E-state index contributed by atoms with van der Waals surface area (Å²) in [6.07, 6.45) is 2.21. The predicted molar refractivity (Wildman–Crippen MR) is 220 cm³/mol. The summed E-state index contributed by atoms with van der Waals surface area (Å²) in [4.78, 5) is 21.1. The van der Waals surface area contributed by atoms with Crippen molar-refractivity contribution in [2.75, 3.05) is 58.1 Å². The molecule has 2 fully saturated rings. The zero-order valence-corrected chi connectivity index (χ0v) is 31.7. The molecule has 0 atom stereocenters. The van der Waals surface area contributed by atoms with Gasteiger partial charge in [-0.1, -0.05) is 36.4 Å². The largest absolute Gasteiger partial charge is 0.504 e. The number of rotatable bonds is 11. The second-order valence-corrected chi connectivity index (χ2v) is 14.7. The van der Waals surface area contributed by atoms with E-state index in [9.17, 15) is 15.3 Å². The molecule has 0 spiro atoms. The van der Waals surface area contributed by atoms with Crippen molar-refractivity contribution < 1.29 is 29.5 Å². The average Bonchev–Trinajstić information content (AvgIpc) is 3.88. The molecule has 0 unspecified atom stereocenters. The second kappa shape index (κ2) is 15.6. The van der Waals surface area contributed by atoms with Gasteiger partial charge in [0.25, 0.3) is 0 Å². The Morgan fingerprint density at radius 2 is 1.37 bits per heavy atom. The summed E-state index contributed by atoms with van der Waals surface area (Å²) in [5, 5.41) is 35.9. The van der Waals surface area contributed by atoms with Crippen LogP contribution in [0.25, 0.3) is 44.8 Å². The monoisotopic (exact) mass is 767 g/mol. The van der Waals surface area contributed by atoms with Crippen LogP contribution in [-0.4, -0.2) is 93.3 Å². The van der Waals surface area contributed by atoms with Crippen molar-refractivity contribution in [3.05, 3.63) is 102 Å². The lowest BCUT2D eigenvalue weighted by Gasteiger charge is -2.36. The highest BCUT2D eigenvalue weighted by molar-refractivity contribution is 5.84. The van der Waals surface area contributed by atoms with E-state index in [4.69, 9.17) is 24.2 Å². The van der Waals surface area contributed by atoms with Crippen LogP contribution in [-0.2, 0) is 6.54 Å². The maximum absolute atomic E-state index is 11.1. The number of aromatic nitrogens is 4. The van der Waals surface area contributed by atoms with Gasteiger partial charge in [-0.25, -0.2) is 9.97 Å². The fourth-order valence-electron chi connectivity index (χ4n) is 7.92. The van der Waals surface area contributed by atoms with E-state index in [-0.39, 0.29) is 28.7 Å². The Morgan fingerprint density at radius 1 is 0.702 bits per heavy atom. The smallest absolute Gasteiger partial charge is 0.231 e. The van der Waals surface area contributed by atoms with Gasteiger partial charge >= 0.3 is 0 Å². The Labute approximate surface area is 329 Å². The number of nitrogens with zero attached hydrogens (tertiary/aromatic N) is 4. The molecule has 0 aliphatic carbocycles. The van der Waals surface area contributed by atoms with Crippen LogP contribution >= 0.6 is 0 Å². The summed E-state index contributed by atoms with van der Waals surface area (Å²) < 4.78 is 17.2. The number of aromatic amines is 2. The maximum atomic E-state index is 11.1. The fourth-order valence-corrected chi connectivity index (χ4v) is 7.92. The van der Waals surface area contributed by atoms with Crippen LogP contribution in [0.5, 0.6) is 34.5 Å². The first kappa shape index (κ1) is 36.2. The van der Waals surface area contributed by atoms with Crippen molar-refractivity contribution in [1.82, 2.24) is 30.2 Å². The van der Waals surface area contributed by atoms with Gasteiger partial charge < -0.3 is 49.7 Å². The van der Waals surface area contributed by atoms with Gasteiger partial charge in [0.05, 0.1) is 29.2 Å². The van der Waals surface area contributed by atoms with Gasteiger partial charge in [0.15, 0.2) is 23.0 Å². The molecule has 5 aromatic carbocycles. The molecule has 2 aliphatic rings. The Morgan fingerprint density at radius 3 is 2.09 bits per heavy atom. The van der Waals surface area contributed by atoms with Crippen molar-refractivity contribution in [3.8, 4) is 57.3 Å². The molecule has 13 nitrogen and oxygen atoms in total. The molecule has 0 saturated carbocycles. The standard InChI is InChI=1S/C44H45N7O6/c1-55-40-23-31(44-46-33-9-7-29(19-35(33)48-44)28-11-13-45-14-12-28)21-38(53)42(40)57-26-56-39-22-30(20-37(52)41(39)54)43-47-34-10-8-32(24-36(34)49-43)51-17-15-50(16-18-51)25-27-5-3-2-4-6-27/h2-10,19-24,28,45,52-54H,11-18,25-26H2,1H3,(H,46,48)(H,47,49). The molecular formula is C44H45N7O6. The number of piperazine rings is 1. The van der Waals surface area contributed by atoms with Gasteiger partial charge in [-0.3, -0.25) is 4.90 Å². The van der Waals surface area contributed by atoms with Gasteiger partial charge in [0, 0.05) is 49.5 Å². The number of anilines is 1. The van der Waals surface area contributed by atoms with E-state index in [0.29, 0.717) is 28.7 Å². The van der Waals surface area contributed by atoms with E-state index < -0.39 is 12.5 Å². The normalized spacial score (nSPS) is 15.4. The predicted octanol–water partition coefficient (Wildman–Crippen LogP) is 7.10. The SMILES string of the molecule is COc1cc(-c2nc3ccc(C4CCNCC4)cc3[nH]2)cc(O)c1OCOc1cc(-c2nc3ccc(N4CCN(Cc5ccccc5)CC4)cc3[nH]2)cc(O)c1O. The Kier molecular flexibility index (Phi) is 9.91. The van der Waals surface area contributed by atoms with E-state index in [0.717, 1.165) is 86.4 Å². The first-order chi connectivity index (χ1) is 27.9. The number of H-pyrrole nitrogens is 2. The van der Waals surface area contributed by atoms with Crippen LogP contribution in [0.1, 0.15) is 29.9 Å². The molecule has 13 heteroatoms. The van der Waals surface area contributed by atoms with Crippen molar-refractivity contribution >= 4 is 27.8 Å². The number of phenolic OH excluding ortho intramolecular Hbond substituents is 3. The number of hydrogen-bond acceptors (Lipinski definition) is 11. The highest BCUT2D eigenvalue weighted by atomic mass is 16.7. The molecule has 9 rings (SSSR count). The summed E-state index contributed by atoms with van der Waals surface area (Å²) in [6.45, 7) is 6.36. The van der Waals surface area contributed by atoms with Gasteiger partial charge in [0.1, 0.15) is 11.6 Å². The van der Waals surface area contributed by atoms with Gasteiger partial charge in [-0.05, 0) is 97.6 Å². The van der Waals surface area contributed by atoms with Crippen molar-refractivity contribution in [1.29, 1.82) is 0 Å². The number of nitrogens with one attached hydrogen (secondary N) is 3. The number of fused-ring (bicyclic) bond motifs is 2. The third-order valence-electron chi connectivity index (χ3n) is 11.0. The number of phenols is 3. The summed E-state index contributed by atoms with van der Waals surface area (Å²) >= 11 is 0. The Bertz CT molecular complexity index is 2520. The van der Waals surface area contributed by atoms with Crippen LogP contribution in [0.4, 0.5) is 5.69 Å². The minimum atomic E-state index is -0.452. The number of hydrogen-bond donors (Lipinski definition) is 6. The molecule has 0 radical (unpaired) electrons. The highest BCUT2D eigenvalue weighted by Crippen LogP contribution is 2.43. The lowest BCUT2D eigenvalue weighted by molar-refractivity contribution is 0.109. The minimum Gasteiger partial charge on any atom is -0.504 e. The number of aromatic hydroxyl groups is 3. The minimum absolute atomic E-state index is 0.0271. The molecule has 292 valence electrons. The van der Waals surface area contributed by atoms with E-state index in [1.807, 2.05) is 18.2 Å². The van der Waals surface area contributed by atoms with E-state index in [1.54, 1.807) is 18.2 Å². The second-order valence-electron chi connectivity index (χ2n) is 14.7. The Balaban J connectivity index is 0.870.